The van der Waals surface area contributed by atoms with E-state index in [1.54, 1.807) is 0 Å². The molecule has 1 atom stereocenters. The first kappa shape index (κ1) is 11.1. The molecule has 94 valence electrons. The molecule has 2 heterocycles. The molecule has 2 aromatic rings. The highest BCUT2D eigenvalue weighted by Crippen LogP contribution is 2.29. The second-order valence-corrected chi connectivity index (χ2v) is 4.60. The lowest BCUT2D eigenvalue weighted by atomic mass is 10.1. The number of nitrogens with one attached hydrogen (secondary N) is 2. The monoisotopic (exact) mass is 243 g/mol. The molecule has 0 bridgehead atoms. The maximum absolute atomic E-state index is 6.09. The van der Waals surface area contributed by atoms with Gasteiger partial charge in [-0.05, 0) is 31.5 Å². The number of hydrogen-bond donors (Lipinski definition) is 2. The number of aromatic amines is 1. The van der Waals surface area contributed by atoms with E-state index in [-0.39, 0.29) is 6.10 Å². The van der Waals surface area contributed by atoms with Crippen LogP contribution in [0.2, 0.25) is 0 Å². The van der Waals surface area contributed by atoms with Gasteiger partial charge < -0.3 is 15.0 Å². The normalized spacial score (nSPS) is 16.4. The zero-order chi connectivity index (χ0) is 12.5. The SMILES string of the molecule is Cc1ccc2[nH]ccc2c1OC(C)C1=NCCN1. The second-order valence-electron chi connectivity index (χ2n) is 4.60. The largest absolute Gasteiger partial charge is 0.482 e. The van der Waals surface area contributed by atoms with Crippen molar-refractivity contribution in [3.63, 3.8) is 0 Å². The van der Waals surface area contributed by atoms with Gasteiger partial charge in [-0.15, -0.1) is 0 Å². The van der Waals surface area contributed by atoms with Crippen molar-refractivity contribution in [1.29, 1.82) is 0 Å². The fourth-order valence-electron chi connectivity index (χ4n) is 2.29. The number of aryl methyl sites for hydroxylation is 1. The number of aromatic nitrogens is 1. The molecule has 0 amide bonds. The summed E-state index contributed by atoms with van der Waals surface area (Å²) in [6.07, 6.45) is 1.90. The number of ether oxygens (including phenoxy) is 1. The molecule has 0 fully saturated rings. The Morgan fingerprint density at radius 1 is 1.33 bits per heavy atom. The van der Waals surface area contributed by atoms with E-state index in [1.165, 1.54) is 0 Å². The zero-order valence-corrected chi connectivity index (χ0v) is 10.7. The van der Waals surface area contributed by atoms with Crippen LogP contribution in [0.15, 0.2) is 29.4 Å². The highest BCUT2D eigenvalue weighted by atomic mass is 16.5. The van der Waals surface area contributed by atoms with Gasteiger partial charge in [-0.3, -0.25) is 4.99 Å². The Hall–Kier alpha value is -1.97. The molecule has 0 radical (unpaired) electrons. The highest BCUT2D eigenvalue weighted by Gasteiger charge is 2.17. The van der Waals surface area contributed by atoms with Crippen molar-refractivity contribution in [3.8, 4) is 5.75 Å². The summed E-state index contributed by atoms with van der Waals surface area (Å²) in [5, 5.41) is 4.38. The molecule has 3 rings (SSSR count). The third kappa shape index (κ3) is 1.83. The molecule has 1 aromatic heterocycles. The average Bonchev–Trinajstić information content (AvgIpc) is 3.02. The number of benzene rings is 1. The van der Waals surface area contributed by atoms with Crippen molar-refractivity contribution in [3.05, 3.63) is 30.0 Å². The van der Waals surface area contributed by atoms with Crippen LogP contribution < -0.4 is 10.1 Å². The first-order chi connectivity index (χ1) is 8.75. The van der Waals surface area contributed by atoms with Crippen LogP contribution >= 0.6 is 0 Å². The summed E-state index contributed by atoms with van der Waals surface area (Å²) >= 11 is 0. The number of rotatable bonds is 3. The quantitative estimate of drug-likeness (QED) is 0.868. The molecule has 1 aromatic carbocycles. The Kier molecular flexibility index (Phi) is 2.70. The molecule has 4 nitrogen and oxygen atoms in total. The van der Waals surface area contributed by atoms with E-state index in [2.05, 4.69) is 34.3 Å². The predicted octanol–water partition coefficient (Wildman–Crippen LogP) is 2.25. The van der Waals surface area contributed by atoms with Gasteiger partial charge in [0.05, 0.1) is 6.54 Å². The summed E-state index contributed by atoms with van der Waals surface area (Å²) in [4.78, 5) is 7.61. The summed E-state index contributed by atoms with van der Waals surface area (Å²) < 4.78 is 6.09. The topological polar surface area (TPSA) is 49.4 Å². The van der Waals surface area contributed by atoms with Crippen LogP contribution in [0.3, 0.4) is 0 Å². The summed E-state index contributed by atoms with van der Waals surface area (Å²) in [6, 6.07) is 6.20. The molecule has 0 saturated heterocycles. The van der Waals surface area contributed by atoms with Crippen molar-refractivity contribution < 1.29 is 4.74 Å². The van der Waals surface area contributed by atoms with E-state index in [0.717, 1.165) is 41.1 Å². The lowest BCUT2D eigenvalue weighted by molar-refractivity contribution is 0.285. The molecular formula is C14H17N3O. The molecule has 0 spiro atoms. The van der Waals surface area contributed by atoms with Gasteiger partial charge >= 0.3 is 0 Å². The number of hydrogen-bond acceptors (Lipinski definition) is 3. The summed E-state index contributed by atoms with van der Waals surface area (Å²) in [5.41, 5.74) is 2.25. The van der Waals surface area contributed by atoms with Gasteiger partial charge in [0.25, 0.3) is 0 Å². The van der Waals surface area contributed by atoms with Gasteiger partial charge in [0.15, 0.2) is 6.10 Å². The lowest BCUT2D eigenvalue weighted by Crippen LogP contribution is -2.33. The highest BCUT2D eigenvalue weighted by molar-refractivity contribution is 5.90. The van der Waals surface area contributed by atoms with Crippen molar-refractivity contribution in [2.75, 3.05) is 13.1 Å². The fourth-order valence-corrected chi connectivity index (χ4v) is 2.29. The molecule has 0 aliphatic carbocycles. The van der Waals surface area contributed by atoms with E-state index in [0.29, 0.717) is 0 Å². The molecule has 4 heteroatoms. The number of nitrogens with zero attached hydrogens (tertiary/aromatic N) is 1. The summed E-state index contributed by atoms with van der Waals surface area (Å²) in [5.74, 6) is 1.89. The van der Waals surface area contributed by atoms with Crippen LogP contribution in [0.4, 0.5) is 0 Å². The number of amidine groups is 1. The number of H-pyrrole nitrogens is 1. The second kappa shape index (κ2) is 4.37. The molecule has 18 heavy (non-hydrogen) atoms. The predicted molar refractivity (Wildman–Crippen MR) is 73.4 cm³/mol. The molecule has 1 unspecified atom stereocenters. The minimum absolute atomic E-state index is 0.0355. The Balaban J connectivity index is 1.93. The molecular weight excluding hydrogens is 226 g/mol. The third-order valence-corrected chi connectivity index (χ3v) is 3.26. The molecule has 2 N–H and O–H groups in total. The van der Waals surface area contributed by atoms with Crippen LogP contribution in [0.5, 0.6) is 5.75 Å². The minimum Gasteiger partial charge on any atom is -0.482 e. The van der Waals surface area contributed by atoms with Crippen molar-refractivity contribution in [2.24, 2.45) is 4.99 Å². The van der Waals surface area contributed by atoms with Crippen LogP contribution in [0.1, 0.15) is 12.5 Å². The van der Waals surface area contributed by atoms with E-state index in [9.17, 15) is 0 Å². The third-order valence-electron chi connectivity index (χ3n) is 3.26. The van der Waals surface area contributed by atoms with Gasteiger partial charge in [-0.2, -0.15) is 0 Å². The van der Waals surface area contributed by atoms with Crippen LogP contribution in [0.25, 0.3) is 10.9 Å². The smallest absolute Gasteiger partial charge is 0.152 e. The van der Waals surface area contributed by atoms with Crippen LogP contribution in [-0.4, -0.2) is 30.0 Å². The van der Waals surface area contributed by atoms with Crippen molar-refractivity contribution in [1.82, 2.24) is 10.3 Å². The molecule has 1 aliphatic rings. The average molecular weight is 243 g/mol. The van der Waals surface area contributed by atoms with Crippen molar-refractivity contribution in [2.45, 2.75) is 20.0 Å². The van der Waals surface area contributed by atoms with E-state index in [1.807, 2.05) is 19.2 Å². The Labute approximate surface area is 106 Å². The number of aliphatic imine (C=N–C) groups is 1. The standard InChI is InChI=1S/C14H17N3O/c1-9-3-4-12-11(5-6-15-12)13(9)18-10(2)14-16-7-8-17-14/h3-6,10,15H,7-8H2,1-2H3,(H,16,17). The van der Waals surface area contributed by atoms with Gasteiger partial charge in [-0.1, -0.05) is 6.07 Å². The minimum atomic E-state index is -0.0355. The van der Waals surface area contributed by atoms with Crippen molar-refractivity contribution >= 4 is 16.7 Å². The van der Waals surface area contributed by atoms with Crippen LogP contribution in [-0.2, 0) is 0 Å². The summed E-state index contributed by atoms with van der Waals surface area (Å²) in [7, 11) is 0. The first-order valence-electron chi connectivity index (χ1n) is 6.27. The molecule has 1 aliphatic heterocycles. The number of fused-ring (bicyclic) bond motifs is 1. The molecule has 0 saturated carbocycles. The van der Waals surface area contributed by atoms with E-state index >= 15 is 0 Å². The fraction of sp³-hybridized carbons (Fsp3) is 0.357. The van der Waals surface area contributed by atoms with Gasteiger partial charge in [0, 0.05) is 23.6 Å². The zero-order valence-electron chi connectivity index (χ0n) is 10.7. The summed E-state index contributed by atoms with van der Waals surface area (Å²) in [6.45, 7) is 5.85. The first-order valence-corrected chi connectivity index (χ1v) is 6.27. The van der Waals surface area contributed by atoms with Gasteiger partial charge in [-0.25, -0.2) is 0 Å². The lowest BCUT2D eigenvalue weighted by Gasteiger charge is -2.17. The van der Waals surface area contributed by atoms with Gasteiger partial charge in [0.2, 0.25) is 0 Å². The Morgan fingerprint density at radius 2 is 2.22 bits per heavy atom. The van der Waals surface area contributed by atoms with E-state index < -0.39 is 0 Å². The van der Waals surface area contributed by atoms with Crippen LogP contribution in [0, 0.1) is 6.92 Å². The van der Waals surface area contributed by atoms with E-state index in [4.69, 9.17) is 4.74 Å². The Morgan fingerprint density at radius 3 is 3.00 bits per heavy atom. The maximum atomic E-state index is 6.09. The maximum Gasteiger partial charge on any atom is 0.152 e. The van der Waals surface area contributed by atoms with Gasteiger partial charge in [0.1, 0.15) is 11.6 Å². The Bertz CT molecular complexity index is 600.